The fraction of sp³-hybridized carbons (Fsp3) is 0.796. The summed E-state index contributed by atoms with van der Waals surface area (Å²) in [7, 11) is -4.74. The number of carbonyl (C=O) groups is 3. The van der Waals surface area contributed by atoms with Gasteiger partial charge in [0.15, 0.2) is 6.10 Å². The van der Waals surface area contributed by atoms with Gasteiger partial charge in [-0.3, -0.25) is 23.4 Å². The molecule has 0 aliphatic heterocycles. The molecule has 0 aromatic heterocycles. The van der Waals surface area contributed by atoms with Crippen molar-refractivity contribution in [2.24, 2.45) is 0 Å². The summed E-state index contributed by atoms with van der Waals surface area (Å²) in [5.41, 5.74) is 0. The molecule has 66 heavy (non-hydrogen) atoms. The van der Waals surface area contributed by atoms with Gasteiger partial charge in [0, 0.05) is 19.3 Å². The number of phosphoric ester groups is 1. The van der Waals surface area contributed by atoms with Gasteiger partial charge in [-0.1, -0.05) is 191 Å². The number of carbonyl (C=O) groups excluding carboxylic acids is 3. The minimum atomic E-state index is -4.74. The Morgan fingerprint density at radius 3 is 1.24 bits per heavy atom. The lowest BCUT2D eigenvalue weighted by Gasteiger charge is -2.21. The van der Waals surface area contributed by atoms with Crippen LogP contribution in [0, 0.1) is 0 Å². The van der Waals surface area contributed by atoms with Crippen molar-refractivity contribution in [2.45, 2.75) is 251 Å². The summed E-state index contributed by atoms with van der Waals surface area (Å²) in [6.07, 6.45) is 49.5. The topological polar surface area (TPSA) is 155 Å². The Hall–Kier alpha value is -2.56. The van der Waals surface area contributed by atoms with Crippen molar-refractivity contribution in [3.63, 3.8) is 0 Å². The molecule has 0 aromatic carbocycles. The third-order valence-electron chi connectivity index (χ3n) is 11.2. The van der Waals surface area contributed by atoms with Crippen LogP contribution in [0.25, 0.3) is 0 Å². The zero-order valence-electron chi connectivity index (χ0n) is 42.2. The van der Waals surface area contributed by atoms with E-state index in [2.05, 4.69) is 69.4 Å². The molecular weight excluding hydrogens is 856 g/mol. The summed E-state index contributed by atoms with van der Waals surface area (Å²) < 4.78 is 39.3. The van der Waals surface area contributed by atoms with Crippen LogP contribution in [0.2, 0.25) is 0 Å². The normalized spacial score (nSPS) is 13.8. The number of unbranched alkanes of at least 4 members (excludes halogenated alkanes) is 24. The highest BCUT2D eigenvalue weighted by Crippen LogP contribution is 2.43. The van der Waals surface area contributed by atoms with Gasteiger partial charge >= 0.3 is 25.7 Å². The minimum absolute atomic E-state index is 0.143. The Labute approximate surface area is 403 Å². The smallest absolute Gasteiger partial charge is 0.462 e. The Bertz CT molecular complexity index is 1300. The number of ether oxygens (including phenoxy) is 3. The van der Waals surface area contributed by atoms with Crippen LogP contribution in [0.3, 0.4) is 0 Å². The molecule has 0 radical (unpaired) electrons. The van der Waals surface area contributed by atoms with Gasteiger partial charge < -0.3 is 24.2 Å². The molecule has 3 atom stereocenters. The van der Waals surface area contributed by atoms with Gasteiger partial charge in [0.05, 0.1) is 19.8 Å². The SMILES string of the molecule is CC/C=C\C/C=C\C/C=C\CCCCCC(=O)OC(CO)COP(=O)(O)OCC(COC(=O)CCCCCCCCCCC)OC(=O)CCCCCCCCC/C=C\CCCCCCCC. The maximum Gasteiger partial charge on any atom is 0.472 e. The minimum Gasteiger partial charge on any atom is -0.462 e. The molecule has 0 rings (SSSR count). The first-order valence-electron chi connectivity index (χ1n) is 26.5. The summed E-state index contributed by atoms with van der Waals surface area (Å²) in [6.45, 7) is 4.47. The lowest BCUT2D eigenvalue weighted by Crippen LogP contribution is -2.30. The van der Waals surface area contributed by atoms with E-state index in [-0.39, 0.29) is 25.9 Å². The summed E-state index contributed by atoms with van der Waals surface area (Å²) in [5, 5.41) is 9.76. The molecule has 0 spiro atoms. The number of rotatable bonds is 49. The van der Waals surface area contributed by atoms with E-state index in [1.54, 1.807) is 0 Å². The highest BCUT2D eigenvalue weighted by atomic mass is 31.2. The highest BCUT2D eigenvalue weighted by Gasteiger charge is 2.28. The molecule has 2 N–H and O–H groups in total. The average Bonchev–Trinajstić information content (AvgIpc) is 3.30. The number of aliphatic hydroxyl groups is 1. The van der Waals surface area contributed by atoms with E-state index < -0.39 is 57.8 Å². The van der Waals surface area contributed by atoms with Crippen molar-refractivity contribution in [1.29, 1.82) is 0 Å². The molecule has 0 heterocycles. The van der Waals surface area contributed by atoms with E-state index in [0.29, 0.717) is 19.3 Å². The number of esters is 3. The lowest BCUT2D eigenvalue weighted by atomic mass is 10.1. The predicted octanol–water partition coefficient (Wildman–Crippen LogP) is 15.0. The molecule has 12 heteroatoms. The average molecular weight is 953 g/mol. The quantitative estimate of drug-likeness (QED) is 0.0197. The van der Waals surface area contributed by atoms with Crippen LogP contribution < -0.4 is 0 Å². The maximum absolute atomic E-state index is 12.8. The zero-order chi connectivity index (χ0) is 48.4. The second kappa shape index (κ2) is 48.9. The monoisotopic (exact) mass is 953 g/mol. The predicted molar refractivity (Wildman–Crippen MR) is 270 cm³/mol. The van der Waals surface area contributed by atoms with Crippen molar-refractivity contribution >= 4 is 25.7 Å². The molecule has 0 saturated heterocycles. The second-order valence-electron chi connectivity index (χ2n) is 17.7. The third-order valence-corrected chi connectivity index (χ3v) is 12.2. The molecule has 0 fully saturated rings. The number of allylic oxidation sites excluding steroid dienone is 8. The molecule has 0 aliphatic carbocycles. The van der Waals surface area contributed by atoms with Crippen molar-refractivity contribution < 1.29 is 52.2 Å². The molecule has 3 unspecified atom stereocenters. The van der Waals surface area contributed by atoms with Crippen LogP contribution in [-0.2, 0) is 42.2 Å². The van der Waals surface area contributed by atoms with E-state index in [9.17, 15) is 28.9 Å². The van der Waals surface area contributed by atoms with Gasteiger partial charge in [-0.15, -0.1) is 0 Å². The van der Waals surface area contributed by atoms with E-state index >= 15 is 0 Å². The van der Waals surface area contributed by atoms with Crippen LogP contribution in [0.15, 0.2) is 48.6 Å². The maximum atomic E-state index is 12.8. The van der Waals surface area contributed by atoms with Crippen molar-refractivity contribution in [1.82, 2.24) is 0 Å². The van der Waals surface area contributed by atoms with Crippen LogP contribution >= 0.6 is 7.82 Å². The molecular formula is C54H97O11P. The molecule has 0 aliphatic rings. The largest absolute Gasteiger partial charge is 0.472 e. The Morgan fingerprint density at radius 1 is 0.439 bits per heavy atom. The van der Waals surface area contributed by atoms with Crippen molar-refractivity contribution in [2.75, 3.05) is 26.4 Å². The summed E-state index contributed by atoms with van der Waals surface area (Å²) in [5.74, 6) is -1.49. The van der Waals surface area contributed by atoms with Gasteiger partial charge in [-0.05, 0) is 77.0 Å². The number of hydrogen-bond donors (Lipinski definition) is 2. The lowest BCUT2D eigenvalue weighted by molar-refractivity contribution is -0.161. The Morgan fingerprint density at radius 2 is 0.788 bits per heavy atom. The molecule has 0 aromatic rings. The molecule has 0 saturated carbocycles. The Kier molecular flexibility index (Phi) is 47.0. The molecule has 0 bridgehead atoms. The number of hydrogen-bond acceptors (Lipinski definition) is 10. The first-order chi connectivity index (χ1) is 32.2. The van der Waals surface area contributed by atoms with Crippen LogP contribution in [0.4, 0.5) is 0 Å². The first kappa shape index (κ1) is 63.4. The highest BCUT2D eigenvalue weighted by molar-refractivity contribution is 7.47. The van der Waals surface area contributed by atoms with Crippen LogP contribution in [0.1, 0.15) is 239 Å². The van der Waals surface area contributed by atoms with E-state index in [4.69, 9.17) is 23.3 Å². The van der Waals surface area contributed by atoms with Gasteiger partial charge in [0.1, 0.15) is 12.7 Å². The molecule has 0 amide bonds. The fourth-order valence-corrected chi connectivity index (χ4v) is 7.97. The number of aliphatic hydroxyl groups excluding tert-OH is 1. The van der Waals surface area contributed by atoms with Crippen molar-refractivity contribution in [3.05, 3.63) is 48.6 Å². The third kappa shape index (κ3) is 46.5. The first-order valence-corrected chi connectivity index (χ1v) is 28.0. The van der Waals surface area contributed by atoms with E-state index in [0.717, 1.165) is 83.5 Å². The van der Waals surface area contributed by atoms with Crippen molar-refractivity contribution in [3.8, 4) is 0 Å². The molecule has 11 nitrogen and oxygen atoms in total. The van der Waals surface area contributed by atoms with E-state index in [1.807, 2.05) is 0 Å². The van der Waals surface area contributed by atoms with Gasteiger partial charge in [0.25, 0.3) is 0 Å². The van der Waals surface area contributed by atoms with Gasteiger partial charge in [0.2, 0.25) is 0 Å². The van der Waals surface area contributed by atoms with E-state index in [1.165, 1.54) is 96.3 Å². The summed E-state index contributed by atoms with van der Waals surface area (Å²) in [6, 6.07) is 0. The fourth-order valence-electron chi connectivity index (χ4n) is 7.19. The standard InChI is InChI=1S/C54H97O11P/c1-4-7-10-13-16-19-21-23-24-25-26-28-30-33-36-39-42-45-54(58)65-51(47-61-52(56)43-40-37-34-31-18-15-12-9-6-3)49-63-66(59,60)62-48-50(46-55)64-53(57)44-41-38-35-32-29-27-22-20-17-14-11-8-5-2/h8,11,17,20,23-24,27,29,50-51,55H,4-7,9-10,12-16,18-19,21-22,25-26,28,30-49H2,1-3H3,(H,59,60)/b11-8-,20-17-,24-23-,29-27-. The molecule has 384 valence electrons. The second-order valence-corrected chi connectivity index (χ2v) is 19.1. The summed E-state index contributed by atoms with van der Waals surface area (Å²) in [4.78, 5) is 48.2. The zero-order valence-corrected chi connectivity index (χ0v) is 43.1. The number of phosphoric acid groups is 1. The summed E-state index contributed by atoms with van der Waals surface area (Å²) >= 11 is 0. The van der Waals surface area contributed by atoms with Crippen LogP contribution in [0.5, 0.6) is 0 Å². The Balaban J connectivity index is 4.70. The van der Waals surface area contributed by atoms with Gasteiger partial charge in [-0.2, -0.15) is 0 Å². The van der Waals surface area contributed by atoms with Gasteiger partial charge in [-0.25, -0.2) is 4.57 Å². The van der Waals surface area contributed by atoms with Crippen LogP contribution in [-0.4, -0.2) is 66.5 Å².